The molecule has 4 nitrogen and oxygen atoms in total. The van der Waals surface area contributed by atoms with Gasteiger partial charge in [0.1, 0.15) is 12.4 Å². The van der Waals surface area contributed by atoms with E-state index in [-0.39, 0.29) is 13.2 Å². The number of carbonyl (C=O) groups is 2. The van der Waals surface area contributed by atoms with E-state index >= 15 is 0 Å². The molecule has 1 aromatic carbocycles. The summed E-state index contributed by atoms with van der Waals surface area (Å²) in [4.78, 5) is 23.9. The van der Waals surface area contributed by atoms with Gasteiger partial charge in [0.25, 0.3) is 5.91 Å². The molecule has 0 atom stereocenters. The van der Waals surface area contributed by atoms with Crippen LogP contribution in [0.4, 0.5) is 4.39 Å². The molecule has 0 fully saturated rings. The first kappa shape index (κ1) is 14.7. The Morgan fingerprint density at radius 3 is 2.79 bits per heavy atom. The van der Waals surface area contributed by atoms with Gasteiger partial charge in [-0.05, 0) is 25.1 Å². The highest BCUT2D eigenvalue weighted by atomic mass is 19.1. The molecule has 100 valence electrons. The molecule has 0 radical (unpaired) electrons. The van der Waals surface area contributed by atoms with Crippen LogP contribution in [-0.2, 0) is 14.3 Å². The lowest BCUT2D eigenvalue weighted by molar-refractivity contribution is -0.146. The van der Waals surface area contributed by atoms with Gasteiger partial charge in [-0.3, -0.25) is 9.59 Å². The van der Waals surface area contributed by atoms with Crippen molar-refractivity contribution in [1.29, 1.82) is 0 Å². The Hall–Kier alpha value is -2.35. The van der Waals surface area contributed by atoms with Gasteiger partial charge < -0.3 is 9.64 Å². The third-order valence-corrected chi connectivity index (χ3v) is 2.16. The maximum atomic E-state index is 12.9. The standard InChI is InChI=1S/C14H14FNO3/c1-3-19-14(18)10-16(2)13(17)8-7-11-5-4-6-12(15)9-11/h4-6,9H,3,10H2,1-2H3. The van der Waals surface area contributed by atoms with Gasteiger partial charge in [0, 0.05) is 18.5 Å². The van der Waals surface area contributed by atoms with E-state index < -0.39 is 17.7 Å². The first-order valence-electron chi connectivity index (χ1n) is 5.71. The minimum atomic E-state index is -0.530. The molecule has 1 aromatic rings. The van der Waals surface area contributed by atoms with Crippen molar-refractivity contribution in [3.63, 3.8) is 0 Å². The Kier molecular flexibility index (Phi) is 5.55. The topological polar surface area (TPSA) is 46.6 Å². The van der Waals surface area contributed by atoms with Gasteiger partial charge in [-0.1, -0.05) is 12.0 Å². The Morgan fingerprint density at radius 2 is 2.16 bits per heavy atom. The summed E-state index contributed by atoms with van der Waals surface area (Å²) in [5, 5.41) is 0. The van der Waals surface area contributed by atoms with Crippen LogP contribution in [0.15, 0.2) is 24.3 Å². The molecule has 0 heterocycles. The average molecular weight is 263 g/mol. The fourth-order valence-electron chi connectivity index (χ4n) is 1.26. The maximum absolute atomic E-state index is 12.9. The first-order chi connectivity index (χ1) is 9.02. The summed E-state index contributed by atoms with van der Waals surface area (Å²) in [5.41, 5.74) is 0.401. The van der Waals surface area contributed by atoms with E-state index in [0.29, 0.717) is 5.56 Å². The first-order valence-corrected chi connectivity index (χ1v) is 5.71. The lowest BCUT2D eigenvalue weighted by atomic mass is 10.2. The second-order valence-corrected chi connectivity index (χ2v) is 3.73. The molecule has 0 unspecified atom stereocenters. The zero-order chi connectivity index (χ0) is 14.3. The minimum Gasteiger partial charge on any atom is -0.465 e. The van der Waals surface area contributed by atoms with Crippen molar-refractivity contribution in [3.05, 3.63) is 35.6 Å². The summed E-state index contributed by atoms with van der Waals surface area (Å²) in [5.74, 6) is 3.43. The molecule has 5 heteroatoms. The predicted octanol–water partition coefficient (Wildman–Crippen LogP) is 1.20. The van der Waals surface area contributed by atoms with E-state index in [0.717, 1.165) is 4.90 Å². The number of ether oxygens (including phenoxy) is 1. The van der Waals surface area contributed by atoms with Crippen LogP contribution >= 0.6 is 0 Å². The number of hydrogen-bond donors (Lipinski definition) is 0. The van der Waals surface area contributed by atoms with Crippen LogP contribution in [0, 0.1) is 17.7 Å². The Bertz CT molecular complexity index is 531. The van der Waals surface area contributed by atoms with E-state index in [4.69, 9.17) is 4.74 Å². The fourth-order valence-corrected chi connectivity index (χ4v) is 1.26. The fraction of sp³-hybridized carbons (Fsp3) is 0.286. The van der Waals surface area contributed by atoms with E-state index in [1.165, 1.54) is 25.2 Å². The van der Waals surface area contributed by atoms with Gasteiger partial charge in [0.2, 0.25) is 0 Å². The number of likely N-dealkylation sites (N-methyl/N-ethyl adjacent to an activating group) is 1. The number of nitrogens with zero attached hydrogens (tertiary/aromatic N) is 1. The van der Waals surface area contributed by atoms with Crippen LogP contribution in [0.3, 0.4) is 0 Å². The molecule has 0 aromatic heterocycles. The molecule has 0 spiro atoms. The highest BCUT2D eigenvalue weighted by Gasteiger charge is 2.11. The summed E-state index contributed by atoms with van der Waals surface area (Å²) in [6.45, 7) is 1.78. The van der Waals surface area contributed by atoms with Crippen molar-refractivity contribution >= 4 is 11.9 Å². The molecule has 0 saturated heterocycles. The van der Waals surface area contributed by atoms with Gasteiger partial charge in [-0.15, -0.1) is 0 Å². The summed E-state index contributed by atoms with van der Waals surface area (Å²) in [6, 6.07) is 5.62. The van der Waals surface area contributed by atoms with Gasteiger partial charge in [0.15, 0.2) is 0 Å². The largest absolute Gasteiger partial charge is 0.465 e. The number of rotatable bonds is 3. The van der Waals surface area contributed by atoms with Crippen LogP contribution in [0.5, 0.6) is 0 Å². The normalized spacial score (nSPS) is 9.21. The SMILES string of the molecule is CCOC(=O)CN(C)C(=O)C#Cc1cccc(F)c1. The Balaban J connectivity index is 2.62. The third kappa shape index (κ3) is 5.21. The van der Waals surface area contributed by atoms with Gasteiger partial charge in [0.05, 0.1) is 6.61 Å². The highest BCUT2D eigenvalue weighted by Crippen LogP contribution is 2.01. The maximum Gasteiger partial charge on any atom is 0.325 e. The van der Waals surface area contributed by atoms with Crippen LogP contribution in [0.2, 0.25) is 0 Å². The molecular weight excluding hydrogens is 249 g/mol. The van der Waals surface area contributed by atoms with Gasteiger partial charge in [-0.25, -0.2) is 4.39 Å². The molecule has 1 amide bonds. The molecule has 0 bridgehead atoms. The average Bonchev–Trinajstić information content (AvgIpc) is 2.36. The van der Waals surface area contributed by atoms with Crippen LogP contribution < -0.4 is 0 Å². The quantitative estimate of drug-likeness (QED) is 0.608. The number of benzene rings is 1. The zero-order valence-corrected chi connectivity index (χ0v) is 10.8. The number of amides is 1. The van der Waals surface area contributed by atoms with Gasteiger partial charge >= 0.3 is 5.97 Å². The molecule has 19 heavy (non-hydrogen) atoms. The van der Waals surface area contributed by atoms with Crippen molar-refractivity contribution in [2.45, 2.75) is 6.92 Å². The number of carbonyl (C=O) groups excluding carboxylic acids is 2. The van der Waals surface area contributed by atoms with E-state index in [2.05, 4.69) is 11.8 Å². The van der Waals surface area contributed by atoms with Crippen molar-refractivity contribution < 1.29 is 18.7 Å². The molecule has 0 aliphatic rings. The summed E-state index contributed by atoms with van der Waals surface area (Å²) in [7, 11) is 1.44. The Morgan fingerprint density at radius 1 is 1.42 bits per heavy atom. The minimum absolute atomic E-state index is 0.162. The van der Waals surface area contributed by atoms with E-state index in [1.54, 1.807) is 13.0 Å². The second-order valence-electron chi connectivity index (χ2n) is 3.73. The molecule has 0 N–H and O–H groups in total. The molecule has 0 aliphatic heterocycles. The molecule has 1 rings (SSSR count). The lowest BCUT2D eigenvalue weighted by Gasteiger charge is -2.12. The number of halogens is 1. The van der Waals surface area contributed by atoms with Crippen LogP contribution in [0.25, 0.3) is 0 Å². The van der Waals surface area contributed by atoms with Gasteiger partial charge in [-0.2, -0.15) is 0 Å². The van der Waals surface area contributed by atoms with Crippen molar-refractivity contribution in [3.8, 4) is 11.8 Å². The van der Waals surface area contributed by atoms with Crippen molar-refractivity contribution in [1.82, 2.24) is 4.90 Å². The summed E-state index contributed by atoms with van der Waals surface area (Å²) < 4.78 is 17.6. The van der Waals surface area contributed by atoms with Crippen molar-refractivity contribution in [2.24, 2.45) is 0 Å². The second kappa shape index (κ2) is 7.17. The van der Waals surface area contributed by atoms with E-state index in [1.807, 2.05) is 0 Å². The smallest absolute Gasteiger partial charge is 0.325 e. The summed E-state index contributed by atoms with van der Waals surface area (Å²) >= 11 is 0. The van der Waals surface area contributed by atoms with Crippen LogP contribution in [0.1, 0.15) is 12.5 Å². The third-order valence-electron chi connectivity index (χ3n) is 2.16. The number of hydrogen-bond acceptors (Lipinski definition) is 3. The summed E-state index contributed by atoms with van der Waals surface area (Å²) in [6.07, 6.45) is 0. The zero-order valence-electron chi connectivity index (χ0n) is 10.8. The molecule has 0 aliphatic carbocycles. The number of esters is 1. The lowest BCUT2D eigenvalue weighted by Crippen LogP contribution is -2.32. The Labute approximate surface area is 111 Å². The monoisotopic (exact) mass is 263 g/mol. The highest BCUT2D eigenvalue weighted by molar-refractivity contribution is 5.95. The molecule has 0 saturated carbocycles. The predicted molar refractivity (Wildman–Crippen MR) is 67.5 cm³/mol. The van der Waals surface area contributed by atoms with E-state index in [9.17, 15) is 14.0 Å². The van der Waals surface area contributed by atoms with Crippen molar-refractivity contribution in [2.75, 3.05) is 20.2 Å². The molecular formula is C14H14FNO3. The van der Waals surface area contributed by atoms with Crippen LogP contribution in [-0.4, -0.2) is 37.0 Å².